The molecule has 4 aliphatic rings. The van der Waals surface area contributed by atoms with Crippen LogP contribution in [0.1, 0.15) is 89.6 Å². The van der Waals surface area contributed by atoms with Crippen LogP contribution in [0.3, 0.4) is 0 Å². The van der Waals surface area contributed by atoms with E-state index in [1.165, 1.54) is 10.9 Å². The highest BCUT2D eigenvalue weighted by Crippen LogP contribution is 2.35. The van der Waals surface area contributed by atoms with E-state index in [-0.39, 0.29) is 92.5 Å². The smallest absolute Gasteiger partial charge is 0.315 e. The normalized spacial score (nSPS) is 24.9. The number of ether oxygens (including phenoxy) is 2. The predicted octanol–water partition coefficient (Wildman–Crippen LogP) is 4.32. The molecule has 1 saturated carbocycles. The first-order valence-electron chi connectivity index (χ1n) is 26.4. The molecule has 5 aromatic rings. The SMILES string of the molecule is O=C(O)C[C@H]1CCC(=O)[C@@H]1C/C=C\CCO[C@@H]1O[C@H](Cn2cc(-c3ccc4ncc(C(=O)NCCNC(=O)CCCC[C@@H]5SC[C@@H]6NC(=O)N[C@@H]65)cc4c3)nn2)[C@H](O)[C@H](O)[C@H]1NCc1ccc(C(=O)c2ccccc2)cc1. The molecule has 3 saturated heterocycles. The fraction of sp³-hybridized carbons (Fsp3) is 0.446. The Balaban J connectivity index is 0.778. The number of aliphatic hydroxyl groups excluding tert-OH is 2. The largest absolute Gasteiger partial charge is 0.481 e. The minimum absolute atomic E-state index is 0.00189. The van der Waals surface area contributed by atoms with Gasteiger partial charge >= 0.3 is 12.0 Å². The lowest BCUT2D eigenvalue weighted by atomic mass is 9.89. The van der Waals surface area contributed by atoms with Crippen LogP contribution in [0.4, 0.5) is 4.79 Å². The molecule has 3 aliphatic heterocycles. The number of carboxylic acid groups (broad SMARTS) is 1. The summed E-state index contributed by atoms with van der Waals surface area (Å²) in [7, 11) is 0. The number of nitrogens with zero attached hydrogens (tertiary/aromatic N) is 4. The molecule has 9 rings (SSSR count). The molecule has 3 aromatic carbocycles. The van der Waals surface area contributed by atoms with Crippen molar-refractivity contribution in [2.45, 2.75) is 119 Å². The first-order valence-corrected chi connectivity index (χ1v) is 27.4. The number of fused-ring (bicyclic) bond motifs is 2. The average molecular weight is 1070 g/mol. The molecule has 21 heteroatoms. The number of aliphatic carboxylic acids is 1. The van der Waals surface area contributed by atoms with Crippen LogP contribution in [0.15, 0.2) is 103 Å². The van der Waals surface area contributed by atoms with E-state index < -0.39 is 36.6 Å². The summed E-state index contributed by atoms with van der Waals surface area (Å²) in [6.07, 6.45) is 6.93. The number of thioether (sulfide) groups is 1. The molecule has 4 amide bonds. The van der Waals surface area contributed by atoms with Crippen molar-refractivity contribution in [1.29, 1.82) is 0 Å². The number of urea groups is 1. The van der Waals surface area contributed by atoms with E-state index in [2.05, 4.69) is 41.9 Å². The Labute approximate surface area is 449 Å². The lowest BCUT2D eigenvalue weighted by Crippen LogP contribution is -2.63. The summed E-state index contributed by atoms with van der Waals surface area (Å²) in [5, 5.41) is 57.2. The number of unbranched alkanes of at least 4 members (excludes halogenated alkanes) is 1. The highest BCUT2D eigenvalue weighted by atomic mass is 32.2. The van der Waals surface area contributed by atoms with Crippen molar-refractivity contribution in [2.75, 3.05) is 25.4 Å². The maximum atomic E-state index is 13.2. The zero-order valence-corrected chi connectivity index (χ0v) is 43.3. The molecule has 5 heterocycles. The van der Waals surface area contributed by atoms with Gasteiger partial charge in [0.15, 0.2) is 12.1 Å². The molecule has 4 fully saturated rings. The molecule has 0 spiro atoms. The van der Waals surface area contributed by atoms with Gasteiger partial charge in [0.05, 0.1) is 48.6 Å². The number of carbonyl (C=O) groups is 6. The minimum Gasteiger partial charge on any atom is -0.481 e. The first-order chi connectivity index (χ1) is 37.4. The lowest BCUT2D eigenvalue weighted by molar-refractivity contribution is -0.268. The van der Waals surface area contributed by atoms with E-state index in [0.717, 1.165) is 30.6 Å². The number of amides is 4. The van der Waals surface area contributed by atoms with Gasteiger partial charge in [0.2, 0.25) is 5.91 Å². The van der Waals surface area contributed by atoms with Gasteiger partial charge in [-0.05, 0) is 61.8 Å². The van der Waals surface area contributed by atoms with Crippen LogP contribution < -0.4 is 26.6 Å². The third-order valence-corrected chi connectivity index (χ3v) is 16.3. The Kier molecular flexibility index (Phi) is 18.5. The highest BCUT2D eigenvalue weighted by molar-refractivity contribution is 8.00. The standard InChI is InChI=1S/C56H65N9O11S/c66-44-21-19-36(27-48(68)69)40(44)11-5-2-8-24-75-55-50(60-28-33-14-16-35(17-15-33)51(70)34-9-3-1-4-10-34)53(72)52(71)45(76-55)31-65-30-42(63-64-65)37-18-20-41-38(25-37)26-39(29-59-41)54(73)58-23-22-57-47(67)13-7-6-12-46-49-43(32-77-46)61-56(74)62-49/h1-5,9-10,14-18,20,25-26,29-30,36,40,43,45-46,49-50,52-53,55,60,71-72H,6-8,11-13,19,21-24,27-28,31-32H2,(H,57,67)(H,58,73)(H,68,69)(H2,61,62,74)/b5-2-/t36-,40-,43+,45-,46+,49+,50-,52+,53-,55-/m1/s1. The fourth-order valence-corrected chi connectivity index (χ4v) is 12.1. The van der Waals surface area contributed by atoms with Gasteiger partial charge in [0.1, 0.15) is 29.8 Å². The van der Waals surface area contributed by atoms with Gasteiger partial charge in [-0.25, -0.2) is 9.48 Å². The number of carbonyl (C=O) groups excluding carboxylic acids is 5. The molecule has 8 N–H and O–H groups in total. The van der Waals surface area contributed by atoms with E-state index >= 15 is 0 Å². The van der Waals surface area contributed by atoms with Gasteiger partial charge in [0, 0.05) is 84.1 Å². The van der Waals surface area contributed by atoms with E-state index in [9.17, 15) is 44.1 Å². The number of aromatic nitrogens is 4. The van der Waals surface area contributed by atoms with E-state index in [1.807, 2.05) is 72.4 Å². The van der Waals surface area contributed by atoms with Gasteiger partial charge in [-0.15, -0.1) is 5.10 Å². The van der Waals surface area contributed by atoms with E-state index in [1.54, 1.807) is 36.5 Å². The predicted molar refractivity (Wildman–Crippen MR) is 285 cm³/mol. The number of carboxylic acids is 1. The number of Topliss-reactive ketones (excluding diaryl/α,β-unsaturated/α-hetero) is 1. The number of nitrogens with one attached hydrogen (secondary N) is 5. The fourth-order valence-electron chi connectivity index (χ4n) is 10.6. The number of aliphatic hydroxyl groups is 2. The molecular formula is C56H65N9O11S. The van der Waals surface area contributed by atoms with Gasteiger partial charge in [-0.3, -0.25) is 29.0 Å². The van der Waals surface area contributed by atoms with E-state index in [0.29, 0.717) is 76.2 Å². The third-order valence-electron chi connectivity index (χ3n) is 14.8. The third kappa shape index (κ3) is 14.2. The Bertz CT molecular complexity index is 2920. The van der Waals surface area contributed by atoms with Crippen LogP contribution in [0, 0.1) is 11.8 Å². The minimum atomic E-state index is -1.37. The summed E-state index contributed by atoms with van der Waals surface area (Å²) in [5.41, 5.74) is 4.10. The molecule has 2 aromatic heterocycles. The van der Waals surface area contributed by atoms with E-state index in [4.69, 9.17) is 9.47 Å². The molecule has 0 radical (unpaired) electrons. The van der Waals surface area contributed by atoms with Crippen LogP contribution in [-0.4, -0.2) is 144 Å². The maximum Gasteiger partial charge on any atom is 0.315 e. The second kappa shape index (κ2) is 26.0. The summed E-state index contributed by atoms with van der Waals surface area (Å²) in [6.45, 7) is 0.925. The van der Waals surface area contributed by atoms with Crippen LogP contribution in [0.5, 0.6) is 0 Å². The summed E-state index contributed by atoms with van der Waals surface area (Å²) in [4.78, 5) is 78.7. The number of benzene rings is 3. The second-order valence-electron chi connectivity index (χ2n) is 20.1. The van der Waals surface area contributed by atoms with Gasteiger partial charge < -0.3 is 51.4 Å². The number of allylic oxidation sites excluding steroid dienone is 1. The quantitative estimate of drug-likeness (QED) is 0.0175. The molecule has 406 valence electrons. The monoisotopic (exact) mass is 1070 g/mol. The number of hydrogen-bond acceptors (Lipinski definition) is 15. The van der Waals surface area contributed by atoms with Gasteiger partial charge in [0.25, 0.3) is 5.91 Å². The van der Waals surface area contributed by atoms with Crippen molar-refractivity contribution in [1.82, 2.24) is 46.6 Å². The molecule has 10 atom stereocenters. The Morgan fingerprint density at radius 3 is 2.53 bits per heavy atom. The molecule has 20 nitrogen and oxygen atoms in total. The summed E-state index contributed by atoms with van der Waals surface area (Å²) < 4.78 is 14.2. The molecule has 1 aliphatic carbocycles. The molecule has 77 heavy (non-hydrogen) atoms. The Morgan fingerprint density at radius 2 is 1.71 bits per heavy atom. The Hall–Kier alpha value is -6.88. The second-order valence-corrected chi connectivity index (χ2v) is 21.4. The zero-order chi connectivity index (χ0) is 53.8. The average Bonchev–Trinajstić information content (AvgIpc) is 4.23. The van der Waals surface area contributed by atoms with Crippen LogP contribution in [0.2, 0.25) is 0 Å². The van der Waals surface area contributed by atoms with Crippen LogP contribution in [0.25, 0.3) is 22.2 Å². The van der Waals surface area contributed by atoms with Crippen LogP contribution in [-0.2, 0) is 36.9 Å². The number of hydrogen-bond donors (Lipinski definition) is 8. The Morgan fingerprint density at radius 1 is 0.909 bits per heavy atom. The van der Waals surface area contributed by atoms with Crippen molar-refractivity contribution < 1.29 is 53.6 Å². The van der Waals surface area contributed by atoms with Gasteiger partial charge in [-0.2, -0.15) is 11.8 Å². The van der Waals surface area contributed by atoms with Crippen molar-refractivity contribution in [3.8, 4) is 11.3 Å². The lowest BCUT2D eigenvalue weighted by Gasteiger charge is -2.43. The molecule has 0 unspecified atom stereocenters. The topological polar surface area (TPSA) is 285 Å². The van der Waals surface area contributed by atoms with Gasteiger partial charge in [-0.1, -0.05) is 84.4 Å². The number of pyridine rings is 1. The summed E-state index contributed by atoms with van der Waals surface area (Å²) in [5.74, 6) is -0.979. The zero-order valence-electron chi connectivity index (χ0n) is 42.5. The van der Waals surface area contributed by atoms with Crippen molar-refractivity contribution in [3.63, 3.8) is 0 Å². The van der Waals surface area contributed by atoms with Crippen molar-refractivity contribution in [2.24, 2.45) is 11.8 Å². The number of rotatable bonds is 25. The number of ketones is 2. The van der Waals surface area contributed by atoms with Crippen molar-refractivity contribution >= 4 is 58.0 Å². The van der Waals surface area contributed by atoms with Crippen LogP contribution >= 0.6 is 11.8 Å². The molecule has 0 bridgehead atoms. The van der Waals surface area contributed by atoms with Crippen molar-refractivity contribution in [3.05, 3.63) is 126 Å². The molecular weight excluding hydrogens is 1010 g/mol. The first kappa shape index (κ1) is 54.9. The summed E-state index contributed by atoms with van der Waals surface area (Å²) >= 11 is 1.86. The highest BCUT2D eigenvalue weighted by Gasteiger charge is 2.46. The maximum absolute atomic E-state index is 13.2. The summed E-state index contributed by atoms with van der Waals surface area (Å²) in [6, 6.07) is 22.7.